The first kappa shape index (κ1) is 19.7. The summed E-state index contributed by atoms with van der Waals surface area (Å²) in [6.45, 7) is 4.53. The number of hydrogen-bond donors (Lipinski definition) is 0. The lowest BCUT2D eigenvalue weighted by molar-refractivity contribution is -0.132. The molecular weight excluding hydrogens is 394 g/mol. The van der Waals surface area contributed by atoms with Gasteiger partial charge in [-0.1, -0.05) is 25.1 Å². The van der Waals surface area contributed by atoms with Crippen LogP contribution in [0.15, 0.2) is 47.3 Å². The number of carbonyl (C=O) groups is 1. The van der Waals surface area contributed by atoms with E-state index in [0.29, 0.717) is 26.3 Å². The molecule has 7 nitrogen and oxygen atoms in total. The van der Waals surface area contributed by atoms with Crippen molar-refractivity contribution in [1.29, 1.82) is 0 Å². The summed E-state index contributed by atoms with van der Waals surface area (Å²) < 4.78 is 14.7. The maximum atomic E-state index is 13.4. The smallest absolute Gasteiger partial charge is 0.329 e. The summed E-state index contributed by atoms with van der Waals surface area (Å²) in [6, 6.07) is 13.6. The molecule has 0 bridgehead atoms. The van der Waals surface area contributed by atoms with Crippen molar-refractivity contribution in [3.05, 3.63) is 58.5 Å². The number of amides is 1. The Morgan fingerprint density at radius 1 is 1.03 bits per heavy atom. The van der Waals surface area contributed by atoms with Crippen molar-refractivity contribution in [3.8, 4) is 11.5 Å². The number of likely N-dealkylation sites (tertiary alicyclic amines) is 1. The van der Waals surface area contributed by atoms with Crippen LogP contribution < -0.4 is 15.2 Å². The first-order chi connectivity index (χ1) is 15.2. The molecule has 162 valence electrons. The van der Waals surface area contributed by atoms with E-state index in [-0.39, 0.29) is 24.2 Å². The fourth-order valence-electron chi connectivity index (χ4n) is 4.77. The van der Waals surface area contributed by atoms with Gasteiger partial charge in [-0.05, 0) is 49.1 Å². The minimum Gasteiger partial charge on any atom is -0.486 e. The van der Waals surface area contributed by atoms with E-state index in [1.807, 2.05) is 54.3 Å². The third-order valence-corrected chi connectivity index (χ3v) is 6.19. The average molecular weight is 421 g/mol. The number of nitrogens with zero attached hydrogens (tertiary/aromatic N) is 3. The molecule has 1 fully saturated rings. The Balaban J connectivity index is 1.43. The van der Waals surface area contributed by atoms with Gasteiger partial charge in [0, 0.05) is 13.1 Å². The van der Waals surface area contributed by atoms with Crippen LogP contribution in [0.2, 0.25) is 0 Å². The highest BCUT2D eigenvalue weighted by atomic mass is 16.6. The molecule has 0 spiro atoms. The topological polar surface area (TPSA) is 65.7 Å². The Bertz CT molecular complexity index is 1180. The van der Waals surface area contributed by atoms with Gasteiger partial charge in [0.25, 0.3) is 0 Å². The van der Waals surface area contributed by atoms with Gasteiger partial charge in [-0.25, -0.2) is 4.79 Å². The van der Waals surface area contributed by atoms with Crippen molar-refractivity contribution in [1.82, 2.24) is 14.0 Å². The summed E-state index contributed by atoms with van der Waals surface area (Å²) in [5.74, 6) is 1.46. The molecule has 1 atom stereocenters. The molecule has 1 unspecified atom stereocenters. The monoisotopic (exact) mass is 421 g/mol. The molecule has 2 aliphatic rings. The Morgan fingerprint density at radius 3 is 2.55 bits per heavy atom. The summed E-state index contributed by atoms with van der Waals surface area (Å²) in [5.41, 5.74) is 2.62. The lowest BCUT2D eigenvalue weighted by atomic mass is 10.0. The fraction of sp³-hybridized carbons (Fsp3) is 0.417. The van der Waals surface area contributed by atoms with Crippen LogP contribution in [-0.2, 0) is 17.9 Å². The van der Waals surface area contributed by atoms with E-state index in [9.17, 15) is 9.59 Å². The molecule has 1 saturated heterocycles. The van der Waals surface area contributed by atoms with Crippen LogP contribution in [0.1, 0.15) is 37.8 Å². The van der Waals surface area contributed by atoms with Gasteiger partial charge < -0.3 is 14.4 Å². The predicted molar refractivity (Wildman–Crippen MR) is 118 cm³/mol. The highest BCUT2D eigenvalue weighted by Crippen LogP contribution is 2.38. The van der Waals surface area contributed by atoms with E-state index in [1.54, 1.807) is 9.13 Å². The third kappa shape index (κ3) is 3.48. The maximum Gasteiger partial charge on any atom is 0.329 e. The Hall–Kier alpha value is -3.22. The molecule has 3 heterocycles. The molecule has 0 radical (unpaired) electrons. The molecule has 2 aliphatic heterocycles. The van der Waals surface area contributed by atoms with Gasteiger partial charge in [0.15, 0.2) is 11.5 Å². The Morgan fingerprint density at radius 2 is 1.77 bits per heavy atom. The van der Waals surface area contributed by atoms with E-state index in [2.05, 4.69) is 0 Å². The molecule has 0 N–H and O–H groups in total. The van der Waals surface area contributed by atoms with Gasteiger partial charge in [0.1, 0.15) is 19.8 Å². The highest BCUT2D eigenvalue weighted by molar-refractivity contribution is 5.81. The average Bonchev–Trinajstić information content (AvgIpc) is 3.39. The SMILES string of the molecule is CCCn1c(=O)n(CC(=O)N2CCCC2c2ccc3c(c2)OCCO3)c2ccccc21. The van der Waals surface area contributed by atoms with Crippen LogP contribution in [0.25, 0.3) is 11.0 Å². The number of para-hydroxylation sites is 2. The lowest BCUT2D eigenvalue weighted by Gasteiger charge is -2.27. The van der Waals surface area contributed by atoms with E-state index < -0.39 is 0 Å². The van der Waals surface area contributed by atoms with Crippen molar-refractivity contribution in [2.75, 3.05) is 19.8 Å². The summed E-state index contributed by atoms with van der Waals surface area (Å²) in [6.07, 6.45) is 2.70. The van der Waals surface area contributed by atoms with Gasteiger partial charge in [0.2, 0.25) is 5.91 Å². The Labute approximate surface area is 180 Å². The minimum atomic E-state index is -0.119. The Kier molecular flexibility index (Phi) is 5.18. The highest BCUT2D eigenvalue weighted by Gasteiger charge is 2.31. The zero-order valence-electron chi connectivity index (χ0n) is 17.8. The quantitative estimate of drug-likeness (QED) is 0.634. The van der Waals surface area contributed by atoms with Gasteiger partial charge in [-0.3, -0.25) is 13.9 Å². The van der Waals surface area contributed by atoms with Crippen LogP contribution in [0.4, 0.5) is 0 Å². The number of carbonyl (C=O) groups excluding carboxylic acids is 1. The van der Waals surface area contributed by atoms with Gasteiger partial charge in [-0.2, -0.15) is 0 Å². The van der Waals surface area contributed by atoms with E-state index in [4.69, 9.17) is 9.47 Å². The van der Waals surface area contributed by atoms with Crippen LogP contribution in [0.5, 0.6) is 11.5 Å². The molecule has 3 aromatic rings. The molecule has 1 amide bonds. The number of benzene rings is 2. The van der Waals surface area contributed by atoms with Crippen molar-refractivity contribution in [2.24, 2.45) is 0 Å². The summed E-state index contributed by atoms with van der Waals surface area (Å²) >= 11 is 0. The molecule has 2 aromatic carbocycles. The lowest BCUT2D eigenvalue weighted by Crippen LogP contribution is -2.36. The third-order valence-electron chi connectivity index (χ3n) is 6.19. The molecule has 0 aliphatic carbocycles. The summed E-state index contributed by atoms with van der Waals surface area (Å²) in [4.78, 5) is 28.3. The largest absolute Gasteiger partial charge is 0.486 e. The van der Waals surface area contributed by atoms with Gasteiger partial charge >= 0.3 is 5.69 Å². The number of fused-ring (bicyclic) bond motifs is 2. The molecule has 1 aromatic heterocycles. The first-order valence-electron chi connectivity index (χ1n) is 11.0. The first-order valence-corrected chi connectivity index (χ1v) is 11.0. The van der Waals surface area contributed by atoms with E-state index in [0.717, 1.165) is 47.4 Å². The van der Waals surface area contributed by atoms with Crippen LogP contribution in [0.3, 0.4) is 0 Å². The number of imidazole rings is 1. The number of aromatic nitrogens is 2. The van der Waals surface area contributed by atoms with Crippen LogP contribution in [0, 0.1) is 0 Å². The summed E-state index contributed by atoms with van der Waals surface area (Å²) in [5, 5.41) is 0. The molecule has 7 heteroatoms. The number of aryl methyl sites for hydroxylation is 1. The zero-order chi connectivity index (χ0) is 21.4. The number of hydrogen-bond acceptors (Lipinski definition) is 4. The second-order valence-corrected chi connectivity index (χ2v) is 8.16. The second-order valence-electron chi connectivity index (χ2n) is 8.16. The van der Waals surface area contributed by atoms with Gasteiger partial charge in [0.05, 0.1) is 17.1 Å². The van der Waals surface area contributed by atoms with Crippen molar-refractivity contribution in [2.45, 2.75) is 45.3 Å². The second kappa shape index (κ2) is 8.13. The van der Waals surface area contributed by atoms with Crippen LogP contribution in [-0.4, -0.2) is 39.7 Å². The molecule has 0 saturated carbocycles. The fourth-order valence-corrected chi connectivity index (χ4v) is 4.77. The standard InChI is InChI=1S/C24H27N3O4/c1-2-11-26-19-6-3-4-7-20(19)27(24(26)29)16-23(28)25-12-5-8-18(25)17-9-10-21-22(15-17)31-14-13-30-21/h3-4,6-7,9-10,15,18H,2,5,8,11-14,16H2,1H3. The maximum absolute atomic E-state index is 13.4. The summed E-state index contributed by atoms with van der Waals surface area (Å²) in [7, 11) is 0. The predicted octanol–water partition coefficient (Wildman–Crippen LogP) is 3.35. The van der Waals surface area contributed by atoms with Crippen molar-refractivity contribution >= 4 is 16.9 Å². The van der Waals surface area contributed by atoms with Crippen molar-refractivity contribution in [3.63, 3.8) is 0 Å². The normalized spacial score (nSPS) is 18.0. The van der Waals surface area contributed by atoms with E-state index in [1.165, 1.54) is 0 Å². The van der Waals surface area contributed by atoms with Gasteiger partial charge in [-0.15, -0.1) is 0 Å². The minimum absolute atomic E-state index is 0.0111. The molecular formula is C24H27N3O4. The van der Waals surface area contributed by atoms with Crippen molar-refractivity contribution < 1.29 is 14.3 Å². The zero-order valence-corrected chi connectivity index (χ0v) is 17.8. The molecule has 31 heavy (non-hydrogen) atoms. The van der Waals surface area contributed by atoms with Crippen LogP contribution >= 0.6 is 0 Å². The molecule has 5 rings (SSSR count). The number of ether oxygens (including phenoxy) is 2. The van der Waals surface area contributed by atoms with E-state index >= 15 is 0 Å². The number of rotatable bonds is 5.